The van der Waals surface area contributed by atoms with Crippen molar-refractivity contribution in [2.75, 3.05) is 13.1 Å². The molecule has 0 bridgehead atoms. The average molecular weight is 312 g/mol. The summed E-state index contributed by atoms with van der Waals surface area (Å²) < 4.78 is 39.9. The van der Waals surface area contributed by atoms with E-state index in [1.165, 1.54) is 34.6 Å². The predicted molar refractivity (Wildman–Crippen MR) is 77.9 cm³/mol. The van der Waals surface area contributed by atoms with Crippen molar-refractivity contribution < 1.29 is 17.6 Å². The highest BCUT2D eigenvalue weighted by atomic mass is 32.2. The van der Waals surface area contributed by atoms with Crippen molar-refractivity contribution in [2.45, 2.75) is 19.3 Å². The smallest absolute Gasteiger partial charge is 0.269 e. The number of halogens is 1. The van der Waals surface area contributed by atoms with E-state index in [-0.39, 0.29) is 5.82 Å². The molecule has 0 unspecified atom stereocenters. The van der Waals surface area contributed by atoms with Gasteiger partial charge in [0.2, 0.25) is 0 Å². The normalized spacial score (nSPS) is 17.0. The van der Waals surface area contributed by atoms with Crippen molar-refractivity contribution in [3.63, 3.8) is 0 Å². The van der Waals surface area contributed by atoms with Crippen molar-refractivity contribution in [3.05, 3.63) is 41.7 Å². The maximum absolute atomic E-state index is 12.7. The Kier molecular flexibility index (Phi) is 5.08. The van der Waals surface area contributed by atoms with Gasteiger partial charge in [-0.05, 0) is 36.6 Å². The number of hydrogen-bond acceptors (Lipinski definition) is 3. The minimum Gasteiger partial charge on any atom is -0.269 e. The Morgan fingerprint density at radius 3 is 2.38 bits per heavy atom. The summed E-state index contributed by atoms with van der Waals surface area (Å²) in [5.74, 6) is -1.09. The molecule has 1 aromatic rings. The summed E-state index contributed by atoms with van der Waals surface area (Å²) in [6.07, 6.45) is 5.17. The lowest BCUT2D eigenvalue weighted by molar-refractivity contribution is -0.114. The molecule has 1 saturated heterocycles. The van der Waals surface area contributed by atoms with Crippen LogP contribution in [0.3, 0.4) is 0 Å². The highest BCUT2D eigenvalue weighted by Gasteiger charge is 2.24. The fourth-order valence-corrected chi connectivity index (χ4v) is 3.27. The van der Waals surface area contributed by atoms with E-state index in [2.05, 4.69) is 0 Å². The van der Waals surface area contributed by atoms with E-state index in [9.17, 15) is 17.6 Å². The first-order valence-electron chi connectivity index (χ1n) is 6.73. The highest BCUT2D eigenvalue weighted by molar-refractivity contribution is 7.87. The fraction of sp³-hybridized carbons (Fsp3) is 0.357. The van der Waals surface area contributed by atoms with Crippen molar-refractivity contribution >= 4 is 22.2 Å². The number of rotatable bonds is 4. The van der Waals surface area contributed by atoms with Crippen LogP contribution in [0, 0.1) is 5.82 Å². The zero-order valence-corrected chi connectivity index (χ0v) is 12.3. The number of benzene rings is 1. The molecule has 0 aliphatic carbocycles. The van der Waals surface area contributed by atoms with Gasteiger partial charge in [-0.1, -0.05) is 18.6 Å². The Labute approximate surface area is 123 Å². The Morgan fingerprint density at radius 2 is 1.76 bits per heavy atom. The Morgan fingerprint density at radius 1 is 1.14 bits per heavy atom. The van der Waals surface area contributed by atoms with Crippen LogP contribution in [0.2, 0.25) is 0 Å². The lowest BCUT2D eigenvalue weighted by Crippen LogP contribution is -2.45. The summed E-state index contributed by atoms with van der Waals surface area (Å²) in [6, 6.07) is 5.53. The second kappa shape index (κ2) is 6.82. The molecule has 1 aliphatic heterocycles. The Bertz CT molecular complexity index is 620. The average Bonchev–Trinajstić information content (AvgIpc) is 2.47. The number of carbonyl (C=O) groups excluding carboxylic acids is 1. The third-order valence-electron chi connectivity index (χ3n) is 3.18. The molecule has 1 aliphatic rings. The van der Waals surface area contributed by atoms with E-state index in [1.54, 1.807) is 0 Å². The van der Waals surface area contributed by atoms with Gasteiger partial charge in [0.25, 0.3) is 5.91 Å². The number of piperidine rings is 1. The number of amides is 1. The molecular weight excluding hydrogens is 295 g/mol. The molecule has 0 radical (unpaired) electrons. The second-order valence-corrected chi connectivity index (χ2v) is 6.49. The van der Waals surface area contributed by atoms with E-state index in [1.807, 2.05) is 4.72 Å². The highest BCUT2D eigenvalue weighted by Crippen LogP contribution is 2.12. The first kappa shape index (κ1) is 15.7. The lowest BCUT2D eigenvalue weighted by atomic mass is 10.2. The lowest BCUT2D eigenvalue weighted by Gasteiger charge is -2.25. The van der Waals surface area contributed by atoms with Gasteiger partial charge in [0.05, 0.1) is 0 Å². The topological polar surface area (TPSA) is 66.5 Å². The van der Waals surface area contributed by atoms with Crippen LogP contribution in [-0.4, -0.2) is 31.7 Å². The van der Waals surface area contributed by atoms with Crippen LogP contribution in [0.15, 0.2) is 30.3 Å². The van der Waals surface area contributed by atoms with Crippen molar-refractivity contribution in [1.29, 1.82) is 0 Å². The van der Waals surface area contributed by atoms with Gasteiger partial charge in [-0.15, -0.1) is 0 Å². The third-order valence-corrected chi connectivity index (χ3v) is 4.69. The van der Waals surface area contributed by atoms with Gasteiger partial charge >= 0.3 is 10.2 Å². The van der Waals surface area contributed by atoms with E-state index in [0.29, 0.717) is 18.7 Å². The minimum absolute atomic E-state index is 0.371. The van der Waals surface area contributed by atoms with Gasteiger partial charge in [-0.25, -0.2) is 9.11 Å². The molecular formula is C14H17FN2O3S. The molecule has 1 amide bonds. The maximum atomic E-state index is 12.7. The molecule has 1 heterocycles. The van der Waals surface area contributed by atoms with Crippen LogP contribution in [0.1, 0.15) is 24.8 Å². The summed E-state index contributed by atoms with van der Waals surface area (Å²) >= 11 is 0. The van der Waals surface area contributed by atoms with Crippen molar-refractivity contribution in [1.82, 2.24) is 9.03 Å². The van der Waals surface area contributed by atoms with Crippen LogP contribution in [0.5, 0.6) is 0 Å². The van der Waals surface area contributed by atoms with Gasteiger partial charge in [0.1, 0.15) is 5.82 Å². The second-order valence-electron chi connectivity index (χ2n) is 4.82. The van der Waals surface area contributed by atoms with Gasteiger partial charge in [0.15, 0.2) is 0 Å². The zero-order chi connectivity index (χ0) is 15.3. The molecule has 0 saturated carbocycles. The molecule has 2 rings (SSSR count). The van der Waals surface area contributed by atoms with E-state index >= 15 is 0 Å². The van der Waals surface area contributed by atoms with Crippen molar-refractivity contribution in [2.24, 2.45) is 0 Å². The number of carbonyl (C=O) groups is 1. The molecule has 0 spiro atoms. The van der Waals surface area contributed by atoms with Crippen LogP contribution in [0.25, 0.3) is 6.08 Å². The van der Waals surface area contributed by atoms with Gasteiger partial charge in [-0.3, -0.25) is 4.79 Å². The molecule has 0 atom stereocenters. The minimum atomic E-state index is -3.77. The molecule has 7 heteroatoms. The van der Waals surface area contributed by atoms with Crippen molar-refractivity contribution in [3.8, 4) is 0 Å². The van der Waals surface area contributed by atoms with E-state index in [0.717, 1.165) is 25.3 Å². The number of nitrogens with one attached hydrogen (secondary N) is 1. The van der Waals surface area contributed by atoms with Crippen LogP contribution in [-0.2, 0) is 15.0 Å². The number of nitrogens with zero attached hydrogens (tertiary/aromatic N) is 1. The molecule has 114 valence electrons. The Hall–Kier alpha value is -1.73. The molecule has 1 fully saturated rings. The first-order chi connectivity index (χ1) is 9.97. The SMILES string of the molecule is O=C(/C=C/c1ccc(F)cc1)NS(=O)(=O)N1CCCCC1. The van der Waals surface area contributed by atoms with Gasteiger partial charge < -0.3 is 0 Å². The largest absolute Gasteiger partial charge is 0.304 e. The summed E-state index contributed by atoms with van der Waals surface area (Å²) in [4.78, 5) is 11.7. The fourth-order valence-electron chi connectivity index (χ4n) is 2.08. The van der Waals surface area contributed by atoms with Crippen LogP contribution < -0.4 is 4.72 Å². The molecule has 1 aromatic carbocycles. The summed E-state index contributed by atoms with van der Waals surface area (Å²) in [5.41, 5.74) is 0.613. The first-order valence-corrected chi connectivity index (χ1v) is 8.17. The van der Waals surface area contributed by atoms with E-state index in [4.69, 9.17) is 0 Å². The van der Waals surface area contributed by atoms with Gasteiger partial charge in [0, 0.05) is 19.2 Å². The van der Waals surface area contributed by atoms with Crippen LogP contribution >= 0.6 is 0 Å². The van der Waals surface area contributed by atoms with E-state index < -0.39 is 16.1 Å². The maximum Gasteiger partial charge on any atom is 0.304 e. The quantitative estimate of drug-likeness (QED) is 0.860. The summed E-state index contributed by atoms with van der Waals surface area (Å²) in [5, 5.41) is 0. The molecule has 21 heavy (non-hydrogen) atoms. The van der Waals surface area contributed by atoms with Gasteiger partial charge in [-0.2, -0.15) is 12.7 Å². The standard InChI is InChI=1S/C14H17FN2O3S/c15-13-7-4-12(5-8-13)6-9-14(18)16-21(19,20)17-10-2-1-3-11-17/h4-9H,1-3,10-11H2,(H,16,18)/b9-6+. The monoisotopic (exact) mass is 312 g/mol. The molecule has 0 aromatic heterocycles. The van der Waals surface area contributed by atoms with Crippen LogP contribution in [0.4, 0.5) is 4.39 Å². The molecule has 1 N–H and O–H groups in total. The summed E-state index contributed by atoms with van der Waals surface area (Å²) in [6.45, 7) is 0.870. The summed E-state index contributed by atoms with van der Waals surface area (Å²) in [7, 11) is -3.77. The third kappa shape index (κ3) is 4.64. The zero-order valence-electron chi connectivity index (χ0n) is 11.5. The molecule has 5 nitrogen and oxygen atoms in total. The predicted octanol–water partition coefficient (Wildman–Crippen LogP) is 1.69. The Balaban J connectivity index is 1.95. The number of hydrogen-bond donors (Lipinski definition) is 1.